The first-order valence-electron chi connectivity index (χ1n) is 13.2. The zero-order valence-electron chi connectivity index (χ0n) is 22.1. The molecule has 3 N–H and O–H groups in total. The monoisotopic (exact) mass is 509 g/mol. The summed E-state index contributed by atoms with van der Waals surface area (Å²) < 4.78 is 4.98. The number of rotatable bonds is 11. The van der Waals surface area contributed by atoms with Gasteiger partial charge in [-0.1, -0.05) is 13.8 Å². The van der Waals surface area contributed by atoms with Gasteiger partial charge in [0.05, 0.1) is 17.7 Å². The molecule has 1 heterocycles. The molecule has 37 heavy (non-hydrogen) atoms. The Morgan fingerprint density at radius 3 is 2.19 bits per heavy atom. The molecule has 0 spiro atoms. The second-order valence-corrected chi connectivity index (χ2v) is 8.94. The number of hydrogen-bond acceptors (Lipinski definition) is 6. The van der Waals surface area contributed by atoms with Gasteiger partial charge in [0.15, 0.2) is 0 Å². The fourth-order valence-electron chi connectivity index (χ4n) is 4.37. The third kappa shape index (κ3) is 8.21. The number of likely N-dealkylation sites (N-methyl/N-ethyl adjacent to an activating group) is 1. The largest absolute Gasteiger partial charge is 0.462 e. The summed E-state index contributed by atoms with van der Waals surface area (Å²) in [6.45, 7) is 11.3. The Balaban J connectivity index is 1.69. The molecule has 1 aliphatic heterocycles. The summed E-state index contributed by atoms with van der Waals surface area (Å²) in [5.74, 6) is -0.554. The molecule has 0 atom stereocenters. The highest BCUT2D eigenvalue weighted by molar-refractivity contribution is 6.04. The molecule has 2 aromatic rings. The van der Waals surface area contributed by atoms with Crippen LogP contribution in [0.15, 0.2) is 42.5 Å². The number of nitrogens with one attached hydrogen (secondary N) is 3. The van der Waals surface area contributed by atoms with Crippen molar-refractivity contribution >= 4 is 35.0 Å². The summed E-state index contributed by atoms with van der Waals surface area (Å²) in [4.78, 5) is 42.2. The Bertz CT molecular complexity index is 1050. The molecular weight excluding hydrogens is 470 g/mol. The van der Waals surface area contributed by atoms with Gasteiger partial charge in [-0.3, -0.25) is 4.79 Å². The SMILES string of the molecule is CCOC(=O)c1ccc(NC(=O)Nc2ccc(N3CCCCC3)c(C(=O)NCCN(CC)CC)c2)cc1. The molecule has 0 radical (unpaired) electrons. The summed E-state index contributed by atoms with van der Waals surface area (Å²) >= 11 is 0. The molecule has 3 rings (SSSR count). The summed E-state index contributed by atoms with van der Waals surface area (Å²) in [7, 11) is 0. The predicted molar refractivity (Wildman–Crippen MR) is 148 cm³/mol. The number of carbonyl (C=O) groups is 3. The molecule has 0 bridgehead atoms. The first-order valence-corrected chi connectivity index (χ1v) is 13.2. The number of carbonyl (C=O) groups excluding carboxylic acids is 3. The Morgan fingerprint density at radius 2 is 1.54 bits per heavy atom. The van der Waals surface area contributed by atoms with Gasteiger partial charge in [0.2, 0.25) is 0 Å². The molecule has 0 saturated carbocycles. The molecule has 1 fully saturated rings. The lowest BCUT2D eigenvalue weighted by atomic mass is 10.1. The molecule has 9 heteroatoms. The average molecular weight is 510 g/mol. The molecular formula is C28H39N5O4. The highest BCUT2D eigenvalue weighted by Crippen LogP contribution is 2.27. The number of esters is 1. The van der Waals surface area contributed by atoms with Crippen molar-refractivity contribution in [2.75, 3.05) is 61.4 Å². The zero-order valence-corrected chi connectivity index (χ0v) is 22.1. The van der Waals surface area contributed by atoms with E-state index < -0.39 is 12.0 Å². The first-order chi connectivity index (χ1) is 17.9. The van der Waals surface area contributed by atoms with Crippen LogP contribution < -0.4 is 20.9 Å². The van der Waals surface area contributed by atoms with Crippen molar-refractivity contribution in [3.8, 4) is 0 Å². The quantitative estimate of drug-likeness (QED) is 0.384. The molecule has 200 valence electrons. The first kappa shape index (κ1) is 28.0. The minimum absolute atomic E-state index is 0.147. The lowest BCUT2D eigenvalue weighted by molar-refractivity contribution is 0.0526. The van der Waals surface area contributed by atoms with Gasteiger partial charge in [0.25, 0.3) is 5.91 Å². The third-order valence-corrected chi connectivity index (χ3v) is 6.46. The molecule has 1 saturated heterocycles. The van der Waals surface area contributed by atoms with E-state index >= 15 is 0 Å². The van der Waals surface area contributed by atoms with E-state index in [1.54, 1.807) is 37.3 Å². The van der Waals surface area contributed by atoms with Crippen LogP contribution in [0.4, 0.5) is 21.9 Å². The minimum atomic E-state index is -0.442. The summed E-state index contributed by atoms with van der Waals surface area (Å²) in [5, 5.41) is 8.62. The van der Waals surface area contributed by atoms with E-state index in [-0.39, 0.29) is 5.91 Å². The second-order valence-electron chi connectivity index (χ2n) is 8.94. The number of anilines is 3. The highest BCUT2D eigenvalue weighted by Gasteiger charge is 2.20. The zero-order chi connectivity index (χ0) is 26.6. The lowest BCUT2D eigenvalue weighted by Crippen LogP contribution is -2.36. The van der Waals surface area contributed by atoms with Crippen LogP contribution in [0.5, 0.6) is 0 Å². The van der Waals surface area contributed by atoms with Crippen LogP contribution >= 0.6 is 0 Å². The van der Waals surface area contributed by atoms with Gasteiger partial charge in [0.1, 0.15) is 0 Å². The number of nitrogens with zero attached hydrogens (tertiary/aromatic N) is 2. The maximum Gasteiger partial charge on any atom is 0.338 e. The molecule has 0 aliphatic carbocycles. The summed E-state index contributed by atoms with van der Waals surface area (Å²) in [6.07, 6.45) is 3.39. The van der Waals surface area contributed by atoms with Gasteiger partial charge in [-0.05, 0) is 81.7 Å². The van der Waals surface area contributed by atoms with Crippen molar-refractivity contribution in [2.45, 2.75) is 40.0 Å². The number of piperidine rings is 1. The topological polar surface area (TPSA) is 103 Å². The van der Waals surface area contributed by atoms with Crippen LogP contribution in [0.25, 0.3) is 0 Å². The van der Waals surface area contributed by atoms with Crippen LogP contribution in [-0.4, -0.2) is 68.7 Å². The van der Waals surface area contributed by atoms with Crippen molar-refractivity contribution < 1.29 is 19.1 Å². The molecule has 0 aromatic heterocycles. The van der Waals surface area contributed by atoms with E-state index in [0.717, 1.165) is 51.3 Å². The van der Waals surface area contributed by atoms with Crippen LogP contribution in [0, 0.1) is 0 Å². The number of ether oxygens (including phenoxy) is 1. The van der Waals surface area contributed by atoms with E-state index in [0.29, 0.717) is 35.7 Å². The van der Waals surface area contributed by atoms with Crippen molar-refractivity contribution in [1.29, 1.82) is 0 Å². The number of urea groups is 1. The molecule has 0 unspecified atom stereocenters. The van der Waals surface area contributed by atoms with Crippen molar-refractivity contribution in [2.24, 2.45) is 0 Å². The normalized spacial score (nSPS) is 13.2. The average Bonchev–Trinajstić information content (AvgIpc) is 2.92. The Hall–Kier alpha value is -3.59. The van der Waals surface area contributed by atoms with Gasteiger partial charge in [-0.2, -0.15) is 0 Å². The fraction of sp³-hybridized carbons (Fsp3) is 0.464. The third-order valence-electron chi connectivity index (χ3n) is 6.46. The molecule has 3 amide bonds. The Morgan fingerprint density at radius 1 is 0.892 bits per heavy atom. The van der Waals surface area contributed by atoms with E-state index in [9.17, 15) is 14.4 Å². The van der Waals surface area contributed by atoms with Gasteiger partial charge in [0, 0.05) is 43.2 Å². The number of benzene rings is 2. The van der Waals surface area contributed by atoms with Crippen molar-refractivity contribution in [1.82, 2.24) is 10.2 Å². The van der Waals surface area contributed by atoms with E-state index in [2.05, 4.69) is 39.6 Å². The van der Waals surface area contributed by atoms with E-state index in [4.69, 9.17) is 4.74 Å². The van der Waals surface area contributed by atoms with Crippen molar-refractivity contribution in [3.63, 3.8) is 0 Å². The molecule has 2 aromatic carbocycles. The molecule has 1 aliphatic rings. The minimum Gasteiger partial charge on any atom is -0.462 e. The smallest absolute Gasteiger partial charge is 0.338 e. The van der Waals surface area contributed by atoms with E-state index in [1.807, 2.05) is 12.1 Å². The van der Waals surface area contributed by atoms with Crippen LogP contribution in [0.1, 0.15) is 60.7 Å². The number of hydrogen-bond donors (Lipinski definition) is 3. The standard InChI is InChI=1S/C28H39N5O4/c1-4-32(5-2)19-16-29-26(34)24-20-23(14-15-25(24)33-17-8-7-9-18-33)31-28(36)30-22-12-10-21(11-13-22)27(35)37-6-3/h10-15,20H,4-9,16-19H2,1-3H3,(H,29,34)(H2,30,31,36). The van der Waals surface area contributed by atoms with Gasteiger partial charge in [-0.25, -0.2) is 9.59 Å². The Labute approximate surface area is 219 Å². The van der Waals surface area contributed by atoms with Crippen LogP contribution in [0.3, 0.4) is 0 Å². The van der Waals surface area contributed by atoms with Crippen molar-refractivity contribution in [3.05, 3.63) is 53.6 Å². The summed E-state index contributed by atoms with van der Waals surface area (Å²) in [6, 6.07) is 11.5. The summed E-state index contributed by atoms with van der Waals surface area (Å²) in [5.41, 5.74) is 2.91. The van der Waals surface area contributed by atoms with Crippen LogP contribution in [0.2, 0.25) is 0 Å². The molecule has 9 nitrogen and oxygen atoms in total. The lowest BCUT2D eigenvalue weighted by Gasteiger charge is -2.30. The Kier molecular flexibility index (Phi) is 10.8. The van der Waals surface area contributed by atoms with Crippen LogP contribution in [-0.2, 0) is 4.74 Å². The highest BCUT2D eigenvalue weighted by atomic mass is 16.5. The van der Waals surface area contributed by atoms with E-state index in [1.165, 1.54) is 6.42 Å². The maximum absolute atomic E-state index is 13.2. The predicted octanol–water partition coefficient (Wildman–Crippen LogP) is 4.57. The number of amides is 3. The maximum atomic E-state index is 13.2. The van der Waals surface area contributed by atoms with Gasteiger partial charge >= 0.3 is 12.0 Å². The van der Waals surface area contributed by atoms with Gasteiger partial charge in [-0.15, -0.1) is 0 Å². The second kappa shape index (κ2) is 14.2. The fourth-order valence-corrected chi connectivity index (χ4v) is 4.37. The van der Waals surface area contributed by atoms with Gasteiger partial charge < -0.3 is 30.5 Å².